The Morgan fingerprint density at radius 2 is 1.81 bits per heavy atom. The SMILES string of the molecule is Cc1c(F)cc(F)cc1N=C(N)N=C(N)N. The molecule has 0 aliphatic rings. The van der Waals surface area contributed by atoms with E-state index in [-0.39, 0.29) is 23.2 Å². The molecule has 1 aromatic carbocycles. The third kappa shape index (κ3) is 2.91. The number of aliphatic imine (C=N–C) groups is 2. The predicted molar refractivity (Wildman–Crippen MR) is 58.2 cm³/mol. The fraction of sp³-hybridized carbons (Fsp3) is 0.111. The van der Waals surface area contributed by atoms with Gasteiger partial charge in [0, 0.05) is 17.7 Å². The Morgan fingerprint density at radius 1 is 1.19 bits per heavy atom. The van der Waals surface area contributed by atoms with Gasteiger partial charge in [-0.15, -0.1) is 0 Å². The van der Waals surface area contributed by atoms with Crippen LogP contribution in [-0.2, 0) is 0 Å². The van der Waals surface area contributed by atoms with Crippen molar-refractivity contribution in [2.75, 3.05) is 0 Å². The van der Waals surface area contributed by atoms with Crippen LogP contribution >= 0.6 is 0 Å². The summed E-state index contributed by atoms with van der Waals surface area (Å²) < 4.78 is 26.0. The van der Waals surface area contributed by atoms with E-state index in [2.05, 4.69) is 9.98 Å². The maximum absolute atomic E-state index is 13.1. The molecule has 0 spiro atoms. The van der Waals surface area contributed by atoms with Crippen molar-refractivity contribution in [3.8, 4) is 0 Å². The highest BCUT2D eigenvalue weighted by atomic mass is 19.1. The van der Waals surface area contributed by atoms with Gasteiger partial charge < -0.3 is 17.2 Å². The fourth-order valence-corrected chi connectivity index (χ4v) is 1.03. The lowest BCUT2D eigenvalue weighted by molar-refractivity contribution is 0.578. The molecule has 0 saturated carbocycles. The molecular formula is C9H11F2N5. The van der Waals surface area contributed by atoms with Crippen LogP contribution in [0, 0.1) is 18.6 Å². The van der Waals surface area contributed by atoms with Crippen molar-refractivity contribution in [1.82, 2.24) is 0 Å². The van der Waals surface area contributed by atoms with Gasteiger partial charge in [-0.05, 0) is 6.92 Å². The standard InChI is InChI=1S/C9H11F2N5/c1-4-6(11)2-5(10)3-7(4)15-9(14)16-8(12)13/h2-3H,1H3,(H6,12,13,14,15,16). The molecule has 0 unspecified atom stereocenters. The lowest BCUT2D eigenvalue weighted by Gasteiger charge is -2.02. The molecule has 0 fully saturated rings. The number of benzene rings is 1. The number of rotatable bonds is 1. The predicted octanol–water partition coefficient (Wildman–Crippen LogP) is 0.493. The van der Waals surface area contributed by atoms with Crippen molar-refractivity contribution in [1.29, 1.82) is 0 Å². The van der Waals surface area contributed by atoms with E-state index in [1.54, 1.807) is 0 Å². The number of hydrogen-bond donors (Lipinski definition) is 3. The second kappa shape index (κ2) is 4.56. The van der Waals surface area contributed by atoms with Crippen LogP contribution in [0.5, 0.6) is 0 Å². The van der Waals surface area contributed by atoms with Gasteiger partial charge in [-0.2, -0.15) is 4.99 Å². The van der Waals surface area contributed by atoms with Crippen molar-refractivity contribution in [2.45, 2.75) is 6.92 Å². The molecule has 0 saturated heterocycles. The summed E-state index contributed by atoms with van der Waals surface area (Å²) >= 11 is 0. The van der Waals surface area contributed by atoms with Crippen LogP contribution in [0.4, 0.5) is 14.5 Å². The summed E-state index contributed by atoms with van der Waals surface area (Å²) in [7, 11) is 0. The Bertz CT molecular complexity index is 463. The van der Waals surface area contributed by atoms with Gasteiger partial charge in [0.25, 0.3) is 0 Å². The summed E-state index contributed by atoms with van der Waals surface area (Å²) in [6, 6.07) is 1.79. The first kappa shape index (κ1) is 11.9. The number of hydrogen-bond acceptors (Lipinski definition) is 1. The van der Waals surface area contributed by atoms with Crippen LogP contribution < -0.4 is 17.2 Å². The molecule has 0 bridgehead atoms. The van der Waals surface area contributed by atoms with Gasteiger partial charge >= 0.3 is 0 Å². The molecule has 86 valence electrons. The Hall–Kier alpha value is -2.18. The molecule has 0 aromatic heterocycles. The minimum atomic E-state index is -0.751. The third-order valence-electron chi connectivity index (χ3n) is 1.76. The topological polar surface area (TPSA) is 103 Å². The largest absolute Gasteiger partial charge is 0.370 e. The highest BCUT2D eigenvalue weighted by Crippen LogP contribution is 2.22. The summed E-state index contributed by atoms with van der Waals surface area (Å²) in [6.45, 7) is 1.44. The third-order valence-corrected chi connectivity index (χ3v) is 1.76. The Balaban J connectivity index is 3.20. The van der Waals surface area contributed by atoms with Gasteiger partial charge in [0.05, 0.1) is 5.69 Å². The Kier molecular flexibility index (Phi) is 3.39. The van der Waals surface area contributed by atoms with Crippen LogP contribution in [0.1, 0.15) is 5.56 Å². The molecule has 6 N–H and O–H groups in total. The molecule has 0 heterocycles. The zero-order valence-electron chi connectivity index (χ0n) is 8.54. The molecule has 7 heteroatoms. The molecule has 0 aliphatic heterocycles. The molecular weight excluding hydrogens is 216 g/mol. The van der Waals surface area contributed by atoms with E-state index in [0.29, 0.717) is 0 Å². The fourth-order valence-electron chi connectivity index (χ4n) is 1.03. The van der Waals surface area contributed by atoms with E-state index in [1.807, 2.05) is 0 Å². The second-order valence-electron chi connectivity index (χ2n) is 3.04. The first-order chi connectivity index (χ1) is 7.40. The van der Waals surface area contributed by atoms with Gasteiger partial charge in [0.1, 0.15) is 11.6 Å². The average Bonchev–Trinajstić information content (AvgIpc) is 2.11. The maximum Gasteiger partial charge on any atom is 0.223 e. The minimum Gasteiger partial charge on any atom is -0.370 e. The molecule has 0 aliphatic carbocycles. The Morgan fingerprint density at radius 3 is 2.38 bits per heavy atom. The monoisotopic (exact) mass is 227 g/mol. The molecule has 5 nitrogen and oxygen atoms in total. The van der Waals surface area contributed by atoms with E-state index in [1.165, 1.54) is 6.92 Å². The van der Waals surface area contributed by atoms with Gasteiger partial charge in [-0.3, -0.25) is 0 Å². The molecule has 0 atom stereocenters. The average molecular weight is 227 g/mol. The molecule has 0 radical (unpaired) electrons. The van der Waals surface area contributed by atoms with Crippen molar-refractivity contribution in [3.05, 3.63) is 29.3 Å². The lowest BCUT2D eigenvalue weighted by Crippen LogP contribution is -2.26. The van der Waals surface area contributed by atoms with Crippen LogP contribution in [-0.4, -0.2) is 11.9 Å². The quantitative estimate of drug-likeness (QED) is 0.480. The number of nitrogens with zero attached hydrogens (tertiary/aromatic N) is 2. The first-order valence-corrected chi connectivity index (χ1v) is 4.29. The van der Waals surface area contributed by atoms with Crippen LogP contribution in [0.3, 0.4) is 0 Å². The minimum absolute atomic E-state index is 0.0417. The highest BCUT2D eigenvalue weighted by molar-refractivity contribution is 5.93. The zero-order valence-corrected chi connectivity index (χ0v) is 8.54. The van der Waals surface area contributed by atoms with E-state index in [9.17, 15) is 8.78 Å². The first-order valence-electron chi connectivity index (χ1n) is 4.29. The van der Waals surface area contributed by atoms with E-state index >= 15 is 0 Å². The molecule has 0 amide bonds. The van der Waals surface area contributed by atoms with E-state index < -0.39 is 11.6 Å². The van der Waals surface area contributed by atoms with Gasteiger partial charge in [-0.1, -0.05) is 0 Å². The molecule has 1 rings (SSSR count). The van der Waals surface area contributed by atoms with Crippen molar-refractivity contribution >= 4 is 17.6 Å². The maximum atomic E-state index is 13.1. The zero-order chi connectivity index (χ0) is 12.3. The summed E-state index contributed by atoms with van der Waals surface area (Å²) in [5.74, 6) is -2.01. The highest BCUT2D eigenvalue weighted by Gasteiger charge is 2.06. The van der Waals surface area contributed by atoms with Gasteiger partial charge in [0.15, 0.2) is 5.96 Å². The Labute approximate surface area is 90.7 Å². The van der Waals surface area contributed by atoms with Crippen LogP contribution in [0.2, 0.25) is 0 Å². The number of guanidine groups is 2. The summed E-state index contributed by atoms with van der Waals surface area (Å²) in [6.07, 6.45) is 0. The summed E-state index contributed by atoms with van der Waals surface area (Å²) in [4.78, 5) is 7.12. The molecule has 16 heavy (non-hydrogen) atoms. The number of halogens is 2. The van der Waals surface area contributed by atoms with Gasteiger partial charge in [-0.25, -0.2) is 13.8 Å². The summed E-state index contributed by atoms with van der Waals surface area (Å²) in [5, 5.41) is 0. The van der Waals surface area contributed by atoms with Crippen LogP contribution in [0.15, 0.2) is 22.1 Å². The van der Waals surface area contributed by atoms with Crippen molar-refractivity contribution in [3.63, 3.8) is 0 Å². The lowest BCUT2D eigenvalue weighted by atomic mass is 10.2. The van der Waals surface area contributed by atoms with E-state index in [0.717, 1.165) is 12.1 Å². The number of nitrogens with two attached hydrogens (primary N) is 3. The van der Waals surface area contributed by atoms with Crippen molar-refractivity contribution < 1.29 is 8.78 Å². The molecule has 1 aromatic rings. The summed E-state index contributed by atoms with van der Waals surface area (Å²) in [5.41, 5.74) is 15.7. The van der Waals surface area contributed by atoms with E-state index in [4.69, 9.17) is 17.2 Å². The normalized spacial score (nSPS) is 11.3. The van der Waals surface area contributed by atoms with Crippen molar-refractivity contribution in [2.24, 2.45) is 27.2 Å². The van der Waals surface area contributed by atoms with Gasteiger partial charge in [0.2, 0.25) is 5.96 Å². The van der Waals surface area contributed by atoms with Crippen LogP contribution in [0.25, 0.3) is 0 Å². The second-order valence-corrected chi connectivity index (χ2v) is 3.04. The smallest absolute Gasteiger partial charge is 0.223 e.